The van der Waals surface area contributed by atoms with Crippen LogP contribution in [0.25, 0.3) is 37.8 Å². The molecule has 0 bridgehead atoms. The molecule has 7 aromatic rings. The molecule has 0 amide bonds. The first-order valence-electron chi connectivity index (χ1n) is 16.4. The van der Waals surface area contributed by atoms with E-state index in [9.17, 15) is 0 Å². The fourth-order valence-electron chi connectivity index (χ4n) is 6.80. The van der Waals surface area contributed by atoms with E-state index in [0.29, 0.717) is 0 Å². The van der Waals surface area contributed by atoms with Crippen molar-refractivity contribution in [1.82, 2.24) is 4.98 Å². The van der Waals surface area contributed by atoms with E-state index < -0.39 is 0 Å². The van der Waals surface area contributed by atoms with Crippen molar-refractivity contribution in [1.29, 1.82) is 0 Å². The molecule has 5 aromatic carbocycles. The van der Waals surface area contributed by atoms with Crippen molar-refractivity contribution in [2.75, 3.05) is 4.90 Å². The van der Waals surface area contributed by atoms with E-state index in [4.69, 9.17) is 10.3 Å². The van der Waals surface area contributed by atoms with E-state index in [1.54, 1.807) is 11.3 Å². The van der Waals surface area contributed by atoms with E-state index in [-0.39, 0.29) is 33.2 Å². The van der Waals surface area contributed by atoms with Crippen LogP contribution in [0.1, 0.15) is 51.3 Å². The summed E-state index contributed by atoms with van der Waals surface area (Å²) in [7, 11) is 0. The van der Waals surface area contributed by atoms with Gasteiger partial charge >= 0.3 is 22.4 Å². The number of thiophene rings is 1. The fourth-order valence-corrected chi connectivity index (χ4v) is 7.70. The van der Waals surface area contributed by atoms with Gasteiger partial charge in [-0.15, -0.1) is 70.4 Å². The van der Waals surface area contributed by atoms with E-state index in [1.165, 1.54) is 26.8 Å². The van der Waals surface area contributed by atoms with Gasteiger partial charge < -0.3 is 15.2 Å². The molecule has 2 aromatic heterocycles. The number of fused-ring (bicyclic) bond motifs is 3. The minimum Gasteiger partial charge on any atom is -0.665 e. The summed E-state index contributed by atoms with van der Waals surface area (Å²) in [6.45, 7) is 11.4. The van der Waals surface area contributed by atoms with Gasteiger partial charge in [-0.25, -0.2) is 0 Å². The monoisotopic (exact) mass is 835 g/mol. The molecule has 0 aliphatic carbocycles. The summed E-state index contributed by atoms with van der Waals surface area (Å²) in [5.74, 6) is 0. The number of nitrogens with zero attached hydrogens (tertiary/aromatic N) is 3. The first kappa shape index (κ1) is 33.1. The fraction of sp³-hybridized carbons (Fsp3) is 0.159. The van der Waals surface area contributed by atoms with Crippen molar-refractivity contribution >= 4 is 49.9 Å². The van der Waals surface area contributed by atoms with Gasteiger partial charge in [0.1, 0.15) is 0 Å². The number of anilines is 3. The van der Waals surface area contributed by atoms with Crippen molar-refractivity contribution in [2.24, 2.45) is 0 Å². The average Bonchev–Trinajstić information content (AvgIpc) is 3.58. The molecule has 0 unspecified atom stereocenters. The summed E-state index contributed by atoms with van der Waals surface area (Å²) < 4.78 is 1.17. The molecule has 0 atom stereocenters. The van der Waals surface area contributed by atoms with Crippen LogP contribution in [0.3, 0.4) is 0 Å². The summed E-state index contributed by atoms with van der Waals surface area (Å²) in [6.07, 6.45) is 1.90. The minimum absolute atomic E-state index is 0. The Balaban J connectivity index is 0.00000378. The standard InChI is InChI=1S/C44H36N3S.Au/c1-43(2,3)32-25-31(40-42-29(21-23-45-40)22-24-48-42)27-35(28-32)47(33-14-7-6-8-15-33)34-16-11-13-30(26-34)36-17-12-19-38-41(36)46-39-20-10-9-18-37(39)44(38,4)5;/h6-25,28H,1-5H3;/q-3;+3. The predicted octanol–water partition coefficient (Wildman–Crippen LogP) is 13.0. The first-order chi connectivity index (χ1) is 23.2. The van der Waals surface area contributed by atoms with Crippen molar-refractivity contribution < 1.29 is 22.4 Å². The van der Waals surface area contributed by atoms with Crippen LogP contribution in [-0.2, 0) is 33.2 Å². The minimum atomic E-state index is -0.171. The van der Waals surface area contributed by atoms with Gasteiger partial charge in [0.25, 0.3) is 0 Å². The Morgan fingerprint density at radius 1 is 0.735 bits per heavy atom. The third kappa shape index (κ3) is 5.94. The van der Waals surface area contributed by atoms with Crippen LogP contribution in [0.15, 0.2) is 127 Å². The molecule has 3 nitrogen and oxygen atoms in total. The van der Waals surface area contributed by atoms with E-state index in [0.717, 1.165) is 50.8 Å². The van der Waals surface area contributed by atoms with Gasteiger partial charge in [0.05, 0.1) is 0 Å². The summed E-state index contributed by atoms with van der Waals surface area (Å²) in [5.41, 5.74) is 12.4. The van der Waals surface area contributed by atoms with Crippen LogP contribution in [0.4, 0.5) is 28.4 Å². The summed E-state index contributed by atoms with van der Waals surface area (Å²) >= 11 is 1.72. The van der Waals surface area contributed by atoms with Gasteiger partial charge in [-0.3, -0.25) is 0 Å². The Morgan fingerprint density at radius 2 is 1.47 bits per heavy atom. The van der Waals surface area contributed by atoms with Gasteiger partial charge in [0.15, 0.2) is 0 Å². The average molecular weight is 836 g/mol. The number of rotatable bonds is 5. The Kier molecular flexibility index (Phi) is 8.62. The zero-order chi connectivity index (χ0) is 33.0. The SMILES string of the molecule is CC(C)(C)c1cc(-c2nccc3ccsc23)[c-]c(N(c2[c-]c(-c3cccc4c3[N-]c3ccccc3C4(C)C)ccc2)c2ccccc2)c1.[Au+3]. The predicted molar refractivity (Wildman–Crippen MR) is 203 cm³/mol. The van der Waals surface area contributed by atoms with Crippen LogP contribution < -0.4 is 4.90 Å². The second-order valence-electron chi connectivity index (χ2n) is 14.0. The largest absolute Gasteiger partial charge is 3.00 e. The number of para-hydroxylation sites is 3. The molecule has 1 aliphatic rings. The molecule has 5 heteroatoms. The molecule has 0 radical (unpaired) electrons. The molecule has 49 heavy (non-hydrogen) atoms. The van der Waals surface area contributed by atoms with Gasteiger partial charge in [0, 0.05) is 27.7 Å². The number of aromatic nitrogens is 1. The molecular formula is C44H36AuN3S. The Hall–Kier alpha value is -4.45. The third-order valence-corrected chi connectivity index (χ3v) is 10.4. The topological polar surface area (TPSA) is 30.2 Å². The number of hydrogen-bond acceptors (Lipinski definition) is 3. The number of pyridine rings is 1. The van der Waals surface area contributed by atoms with Gasteiger partial charge in [0.2, 0.25) is 0 Å². The smallest absolute Gasteiger partial charge is 0.665 e. The molecule has 244 valence electrons. The number of hydrogen-bond donors (Lipinski definition) is 0. The van der Waals surface area contributed by atoms with Crippen molar-refractivity contribution in [3.63, 3.8) is 0 Å². The van der Waals surface area contributed by atoms with Gasteiger partial charge in [-0.2, -0.15) is 17.0 Å². The van der Waals surface area contributed by atoms with Gasteiger partial charge in [-0.1, -0.05) is 106 Å². The molecule has 3 heterocycles. The van der Waals surface area contributed by atoms with Crippen LogP contribution in [0.5, 0.6) is 0 Å². The molecule has 1 aliphatic heterocycles. The van der Waals surface area contributed by atoms with Gasteiger partial charge in [-0.05, 0) is 51.8 Å². The van der Waals surface area contributed by atoms with Crippen LogP contribution in [0, 0.1) is 12.1 Å². The first-order valence-corrected chi connectivity index (χ1v) is 17.3. The molecular weight excluding hydrogens is 800 g/mol. The maximum absolute atomic E-state index is 5.23. The third-order valence-electron chi connectivity index (χ3n) is 9.43. The molecule has 0 spiro atoms. The zero-order valence-corrected chi connectivity index (χ0v) is 31.2. The molecule has 0 saturated carbocycles. The molecule has 0 fully saturated rings. The molecule has 0 saturated heterocycles. The normalized spacial score (nSPS) is 13.2. The summed E-state index contributed by atoms with van der Waals surface area (Å²) in [6, 6.07) is 48.4. The van der Waals surface area contributed by atoms with E-state index in [2.05, 4.69) is 172 Å². The van der Waals surface area contributed by atoms with Crippen molar-refractivity contribution in [3.8, 4) is 22.4 Å². The van der Waals surface area contributed by atoms with Crippen molar-refractivity contribution in [2.45, 2.75) is 45.4 Å². The maximum Gasteiger partial charge on any atom is 3.00 e. The maximum atomic E-state index is 5.23. The summed E-state index contributed by atoms with van der Waals surface area (Å²) in [5, 5.41) is 8.56. The second-order valence-corrected chi connectivity index (χ2v) is 14.9. The summed E-state index contributed by atoms with van der Waals surface area (Å²) in [4.78, 5) is 7.15. The van der Waals surface area contributed by atoms with Crippen molar-refractivity contribution in [3.05, 3.63) is 161 Å². The number of benzene rings is 5. The van der Waals surface area contributed by atoms with E-state index >= 15 is 0 Å². The van der Waals surface area contributed by atoms with E-state index in [1.807, 2.05) is 6.20 Å². The van der Waals surface area contributed by atoms with Crippen LogP contribution in [0.2, 0.25) is 0 Å². The second kappa shape index (κ2) is 12.8. The van der Waals surface area contributed by atoms with Crippen LogP contribution in [-0.4, -0.2) is 4.98 Å². The zero-order valence-electron chi connectivity index (χ0n) is 28.2. The molecule has 0 N–H and O–H groups in total. The Morgan fingerprint density at radius 3 is 2.29 bits per heavy atom. The molecule has 8 rings (SSSR count). The Bertz CT molecular complexity index is 2300. The Labute approximate surface area is 309 Å². The van der Waals surface area contributed by atoms with Crippen LogP contribution >= 0.6 is 11.3 Å². The quantitative estimate of drug-likeness (QED) is 0.128.